The van der Waals surface area contributed by atoms with E-state index in [0.717, 1.165) is 15.2 Å². The van der Waals surface area contributed by atoms with E-state index in [2.05, 4.69) is 69.1 Å². The normalized spacial score (nSPS) is 12.7. The van der Waals surface area contributed by atoms with Gasteiger partial charge in [-0.2, -0.15) is 0 Å². The minimum Gasteiger partial charge on any atom is -0.126 e. The van der Waals surface area contributed by atoms with E-state index in [1.807, 2.05) is 0 Å². The third kappa shape index (κ3) is 2.95. The number of aryl methyl sites for hydroxylation is 1. The van der Waals surface area contributed by atoms with Gasteiger partial charge in [0.15, 0.2) is 0 Å². The van der Waals surface area contributed by atoms with Crippen molar-refractivity contribution in [1.29, 1.82) is 0 Å². The SMILES string of the molecule is CCc1ccccc1C(Br)c1cc(Br)c(Cl)s1. The van der Waals surface area contributed by atoms with Crippen molar-refractivity contribution in [3.05, 3.63) is 55.1 Å². The summed E-state index contributed by atoms with van der Waals surface area (Å²) in [5.41, 5.74) is 2.69. The number of halogens is 3. The van der Waals surface area contributed by atoms with Crippen LogP contribution in [0.3, 0.4) is 0 Å². The van der Waals surface area contributed by atoms with E-state index in [-0.39, 0.29) is 4.83 Å². The Morgan fingerprint density at radius 2 is 2.06 bits per heavy atom. The van der Waals surface area contributed by atoms with Gasteiger partial charge in [-0.1, -0.05) is 58.7 Å². The number of alkyl halides is 1. The van der Waals surface area contributed by atoms with Crippen LogP contribution < -0.4 is 0 Å². The second-order valence-electron chi connectivity index (χ2n) is 3.69. The average molecular weight is 395 g/mol. The van der Waals surface area contributed by atoms with Crippen molar-refractivity contribution in [2.45, 2.75) is 18.2 Å². The largest absolute Gasteiger partial charge is 0.126 e. The third-order valence-electron chi connectivity index (χ3n) is 2.62. The molecule has 0 aliphatic carbocycles. The first kappa shape index (κ1) is 13.6. The van der Waals surface area contributed by atoms with E-state index in [9.17, 15) is 0 Å². The summed E-state index contributed by atoms with van der Waals surface area (Å²) in [5.74, 6) is 0. The van der Waals surface area contributed by atoms with Crippen molar-refractivity contribution >= 4 is 54.8 Å². The van der Waals surface area contributed by atoms with Gasteiger partial charge in [0.1, 0.15) is 4.34 Å². The van der Waals surface area contributed by atoms with E-state index in [0.29, 0.717) is 0 Å². The molecule has 0 spiro atoms. The van der Waals surface area contributed by atoms with Gasteiger partial charge in [0.05, 0.1) is 4.83 Å². The molecule has 0 nitrogen and oxygen atoms in total. The van der Waals surface area contributed by atoms with E-state index in [1.54, 1.807) is 11.3 Å². The molecule has 2 rings (SSSR count). The van der Waals surface area contributed by atoms with Crippen LogP contribution in [0.2, 0.25) is 4.34 Å². The van der Waals surface area contributed by atoms with Gasteiger partial charge in [-0.05, 0) is 39.5 Å². The molecule has 90 valence electrons. The topological polar surface area (TPSA) is 0 Å². The van der Waals surface area contributed by atoms with Gasteiger partial charge in [-0.25, -0.2) is 0 Å². The first-order valence-corrected chi connectivity index (χ1v) is 8.20. The zero-order valence-corrected chi connectivity index (χ0v) is 14.0. The van der Waals surface area contributed by atoms with E-state index < -0.39 is 0 Å². The lowest BCUT2D eigenvalue weighted by Gasteiger charge is -2.12. The monoisotopic (exact) mass is 392 g/mol. The van der Waals surface area contributed by atoms with Gasteiger partial charge in [0, 0.05) is 9.35 Å². The van der Waals surface area contributed by atoms with Crippen LogP contribution in [0.5, 0.6) is 0 Å². The van der Waals surface area contributed by atoms with Crippen LogP contribution in [-0.4, -0.2) is 0 Å². The van der Waals surface area contributed by atoms with Gasteiger partial charge in [0.25, 0.3) is 0 Å². The molecule has 0 N–H and O–H groups in total. The highest BCUT2D eigenvalue weighted by Gasteiger charge is 2.17. The zero-order chi connectivity index (χ0) is 12.4. The van der Waals surface area contributed by atoms with E-state index in [1.165, 1.54) is 16.0 Å². The number of rotatable bonds is 3. The van der Waals surface area contributed by atoms with Gasteiger partial charge in [0.2, 0.25) is 0 Å². The molecule has 1 unspecified atom stereocenters. The highest BCUT2D eigenvalue weighted by atomic mass is 79.9. The van der Waals surface area contributed by atoms with Crippen LogP contribution in [0.25, 0.3) is 0 Å². The molecule has 0 bridgehead atoms. The van der Waals surface area contributed by atoms with Crippen molar-refractivity contribution in [2.75, 3.05) is 0 Å². The van der Waals surface area contributed by atoms with Crippen molar-refractivity contribution in [3.8, 4) is 0 Å². The molecule has 0 aliphatic rings. The van der Waals surface area contributed by atoms with Crippen LogP contribution in [0.1, 0.15) is 27.8 Å². The van der Waals surface area contributed by atoms with Crippen LogP contribution >= 0.6 is 54.8 Å². The molecule has 0 radical (unpaired) electrons. The number of thiophene rings is 1. The molecule has 1 aromatic carbocycles. The molecular weight excluding hydrogens is 383 g/mol. The van der Waals surface area contributed by atoms with Crippen LogP contribution in [0, 0.1) is 0 Å². The first-order chi connectivity index (χ1) is 8.13. The molecule has 4 heteroatoms. The Labute approximate surface area is 127 Å². The molecular formula is C13H11Br2ClS. The minimum absolute atomic E-state index is 0.215. The fourth-order valence-electron chi connectivity index (χ4n) is 1.74. The van der Waals surface area contributed by atoms with Crippen molar-refractivity contribution in [2.24, 2.45) is 0 Å². The molecule has 1 aromatic heterocycles. The summed E-state index contributed by atoms with van der Waals surface area (Å²) in [6.07, 6.45) is 1.04. The Hall–Kier alpha value is 0.170. The second kappa shape index (κ2) is 5.87. The lowest BCUT2D eigenvalue weighted by Crippen LogP contribution is -1.95. The van der Waals surface area contributed by atoms with E-state index >= 15 is 0 Å². The molecule has 0 amide bonds. The summed E-state index contributed by atoms with van der Waals surface area (Å²) in [6, 6.07) is 10.6. The lowest BCUT2D eigenvalue weighted by atomic mass is 10.0. The minimum atomic E-state index is 0.215. The number of hydrogen-bond acceptors (Lipinski definition) is 1. The molecule has 0 aliphatic heterocycles. The summed E-state index contributed by atoms with van der Waals surface area (Å²) in [6.45, 7) is 2.18. The molecule has 17 heavy (non-hydrogen) atoms. The average Bonchev–Trinajstić information content (AvgIpc) is 2.68. The third-order valence-corrected chi connectivity index (χ3v) is 6.45. The maximum absolute atomic E-state index is 6.09. The maximum atomic E-state index is 6.09. The van der Waals surface area contributed by atoms with E-state index in [4.69, 9.17) is 11.6 Å². The quantitative estimate of drug-likeness (QED) is 0.543. The summed E-state index contributed by atoms with van der Waals surface area (Å²) >= 11 is 14.9. The second-order valence-corrected chi connectivity index (χ2v) is 7.14. The van der Waals surface area contributed by atoms with Crippen LogP contribution in [0.15, 0.2) is 34.8 Å². The standard InChI is InChI=1S/C13H11Br2ClS/c1-2-8-5-3-4-6-9(8)12(15)11-7-10(14)13(16)17-11/h3-7,12H,2H2,1H3. The smallest absolute Gasteiger partial charge is 0.107 e. The summed E-state index contributed by atoms with van der Waals surface area (Å²) in [5, 5.41) is 0. The molecule has 1 heterocycles. The fraction of sp³-hybridized carbons (Fsp3) is 0.231. The van der Waals surface area contributed by atoms with Crippen molar-refractivity contribution in [1.82, 2.24) is 0 Å². The Bertz CT molecular complexity index is 502. The Morgan fingerprint density at radius 3 is 2.65 bits per heavy atom. The van der Waals surface area contributed by atoms with Gasteiger partial charge in [-0.15, -0.1) is 11.3 Å². The Balaban J connectivity index is 2.39. The van der Waals surface area contributed by atoms with Crippen molar-refractivity contribution in [3.63, 3.8) is 0 Å². The lowest BCUT2D eigenvalue weighted by molar-refractivity contribution is 1.07. The number of hydrogen-bond donors (Lipinski definition) is 0. The molecule has 0 saturated carbocycles. The molecule has 0 fully saturated rings. The van der Waals surface area contributed by atoms with Gasteiger partial charge in [-0.3, -0.25) is 0 Å². The summed E-state index contributed by atoms with van der Waals surface area (Å²) in [7, 11) is 0. The predicted octanol–water partition coefficient (Wildman–Crippen LogP) is 6.21. The predicted molar refractivity (Wildman–Crippen MR) is 83.6 cm³/mol. The summed E-state index contributed by atoms with van der Waals surface area (Å²) < 4.78 is 1.77. The summed E-state index contributed by atoms with van der Waals surface area (Å²) in [4.78, 5) is 1.44. The Morgan fingerprint density at radius 1 is 1.35 bits per heavy atom. The maximum Gasteiger partial charge on any atom is 0.107 e. The highest BCUT2D eigenvalue weighted by Crippen LogP contribution is 2.42. The highest BCUT2D eigenvalue weighted by molar-refractivity contribution is 9.10. The van der Waals surface area contributed by atoms with Crippen molar-refractivity contribution < 1.29 is 0 Å². The van der Waals surface area contributed by atoms with Gasteiger partial charge >= 0.3 is 0 Å². The first-order valence-electron chi connectivity index (χ1n) is 5.30. The Kier molecular flexibility index (Phi) is 4.70. The molecule has 0 saturated heterocycles. The van der Waals surface area contributed by atoms with Crippen LogP contribution in [-0.2, 0) is 6.42 Å². The number of benzene rings is 1. The molecule has 1 atom stereocenters. The molecule has 2 aromatic rings. The van der Waals surface area contributed by atoms with Crippen LogP contribution in [0.4, 0.5) is 0 Å². The zero-order valence-electron chi connectivity index (χ0n) is 9.21. The fourth-order valence-corrected chi connectivity index (χ4v) is 4.34. The van der Waals surface area contributed by atoms with Gasteiger partial charge < -0.3 is 0 Å².